The molecule has 0 aromatic heterocycles. The van der Waals surface area contributed by atoms with Crippen LogP contribution in [0.4, 0.5) is 0 Å². The number of likely N-dealkylation sites (N-methyl/N-ethyl adjacent to an activating group) is 3. The van der Waals surface area contributed by atoms with Gasteiger partial charge in [0.15, 0.2) is 0 Å². The molecule has 0 bridgehead atoms. The molecule has 1 aliphatic rings. The molecule has 2 unspecified atom stereocenters. The molecule has 1 saturated heterocycles. The second-order valence-corrected chi connectivity index (χ2v) is 6.43. The SMILES string of the molecule is CCCc1cccc(C(NC)C2CN(C)CCCN2C)c1. The number of nitrogens with zero attached hydrogens (tertiary/aromatic N) is 2. The summed E-state index contributed by atoms with van der Waals surface area (Å²) >= 11 is 0. The molecule has 1 heterocycles. The minimum Gasteiger partial charge on any atom is -0.312 e. The van der Waals surface area contributed by atoms with Crippen molar-refractivity contribution in [1.29, 1.82) is 0 Å². The van der Waals surface area contributed by atoms with E-state index in [1.165, 1.54) is 43.5 Å². The monoisotopic (exact) mass is 289 g/mol. The van der Waals surface area contributed by atoms with E-state index in [4.69, 9.17) is 0 Å². The second kappa shape index (κ2) is 7.92. The van der Waals surface area contributed by atoms with E-state index in [1.807, 2.05) is 0 Å². The molecule has 1 aromatic rings. The molecule has 2 atom stereocenters. The van der Waals surface area contributed by atoms with Crippen LogP contribution in [-0.2, 0) is 6.42 Å². The Bertz CT molecular complexity index is 432. The van der Waals surface area contributed by atoms with Crippen molar-refractivity contribution in [3.8, 4) is 0 Å². The van der Waals surface area contributed by atoms with Crippen molar-refractivity contribution in [2.45, 2.75) is 38.3 Å². The summed E-state index contributed by atoms with van der Waals surface area (Å²) in [5, 5.41) is 3.57. The van der Waals surface area contributed by atoms with E-state index in [1.54, 1.807) is 0 Å². The molecule has 118 valence electrons. The zero-order valence-electron chi connectivity index (χ0n) is 14.1. The summed E-state index contributed by atoms with van der Waals surface area (Å²) < 4.78 is 0. The van der Waals surface area contributed by atoms with Crippen molar-refractivity contribution in [2.24, 2.45) is 0 Å². The van der Waals surface area contributed by atoms with Gasteiger partial charge in [0.1, 0.15) is 0 Å². The van der Waals surface area contributed by atoms with Crippen LogP contribution < -0.4 is 5.32 Å². The molecule has 21 heavy (non-hydrogen) atoms. The molecule has 3 nitrogen and oxygen atoms in total. The molecule has 2 rings (SSSR count). The van der Waals surface area contributed by atoms with Crippen molar-refractivity contribution in [3.05, 3.63) is 35.4 Å². The number of hydrogen-bond donors (Lipinski definition) is 1. The fourth-order valence-corrected chi connectivity index (χ4v) is 3.48. The van der Waals surface area contributed by atoms with Gasteiger partial charge < -0.3 is 15.1 Å². The first-order valence-corrected chi connectivity index (χ1v) is 8.30. The second-order valence-electron chi connectivity index (χ2n) is 6.43. The van der Waals surface area contributed by atoms with E-state index in [-0.39, 0.29) is 0 Å². The van der Waals surface area contributed by atoms with Gasteiger partial charge in [0.25, 0.3) is 0 Å². The third kappa shape index (κ3) is 4.29. The summed E-state index contributed by atoms with van der Waals surface area (Å²) in [6.45, 7) is 5.76. The van der Waals surface area contributed by atoms with Gasteiger partial charge in [-0.2, -0.15) is 0 Å². The Balaban J connectivity index is 2.22. The van der Waals surface area contributed by atoms with Crippen LogP contribution in [0.5, 0.6) is 0 Å². The van der Waals surface area contributed by atoms with Gasteiger partial charge >= 0.3 is 0 Å². The van der Waals surface area contributed by atoms with Gasteiger partial charge in [-0.3, -0.25) is 0 Å². The Kier molecular flexibility index (Phi) is 6.22. The highest BCUT2D eigenvalue weighted by Gasteiger charge is 2.28. The summed E-state index contributed by atoms with van der Waals surface area (Å²) in [4.78, 5) is 4.99. The molecule has 0 radical (unpaired) electrons. The van der Waals surface area contributed by atoms with Crippen LogP contribution in [0.15, 0.2) is 24.3 Å². The van der Waals surface area contributed by atoms with Crippen LogP contribution in [0.2, 0.25) is 0 Å². The Morgan fingerprint density at radius 3 is 2.81 bits per heavy atom. The van der Waals surface area contributed by atoms with Crippen LogP contribution in [0.3, 0.4) is 0 Å². The molecule has 1 fully saturated rings. The van der Waals surface area contributed by atoms with Gasteiger partial charge in [-0.05, 0) is 58.2 Å². The lowest BCUT2D eigenvalue weighted by Gasteiger charge is -2.35. The Morgan fingerprint density at radius 2 is 2.10 bits per heavy atom. The summed E-state index contributed by atoms with van der Waals surface area (Å²) in [7, 11) is 6.60. The molecule has 1 N–H and O–H groups in total. The number of rotatable bonds is 5. The third-order valence-corrected chi connectivity index (χ3v) is 4.66. The molecule has 0 amide bonds. The van der Waals surface area contributed by atoms with E-state index in [2.05, 4.69) is 67.4 Å². The molecule has 3 heteroatoms. The zero-order chi connectivity index (χ0) is 15.2. The summed E-state index contributed by atoms with van der Waals surface area (Å²) in [6, 6.07) is 10.1. The normalized spacial score (nSPS) is 23.0. The zero-order valence-corrected chi connectivity index (χ0v) is 14.1. The Morgan fingerprint density at radius 1 is 1.29 bits per heavy atom. The molecular formula is C18H31N3. The quantitative estimate of drug-likeness (QED) is 0.898. The van der Waals surface area contributed by atoms with E-state index in [9.17, 15) is 0 Å². The number of benzene rings is 1. The lowest BCUT2D eigenvalue weighted by Crippen LogP contribution is -2.46. The largest absolute Gasteiger partial charge is 0.312 e. The number of hydrogen-bond acceptors (Lipinski definition) is 3. The third-order valence-electron chi connectivity index (χ3n) is 4.66. The van der Waals surface area contributed by atoms with Crippen molar-refractivity contribution < 1.29 is 0 Å². The van der Waals surface area contributed by atoms with E-state index < -0.39 is 0 Å². The average molecular weight is 289 g/mol. The Labute approximate surface area is 130 Å². The maximum Gasteiger partial charge on any atom is 0.0488 e. The maximum atomic E-state index is 3.57. The minimum atomic E-state index is 0.396. The van der Waals surface area contributed by atoms with Gasteiger partial charge in [-0.1, -0.05) is 37.6 Å². The first-order chi connectivity index (χ1) is 10.2. The molecule has 1 aromatic carbocycles. The highest BCUT2D eigenvalue weighted by atomic mass is 15.2. The average Bonchev–Trinajstić information content (AvgIpc) is 2.63. The van der Waals surface area contributed by atoms with Gasteiger partial charge in [-0.15, -0.1) is 0 Å². The van der Waals surface area contributed by atoms with Gasteiger partial charge in [-0.25, -0.2) is 0 Å². The first-order valence-electron chi connectivity index (χ1n) is 8.30. The van der Waals surface area contributed by atoms with Crippen molar-refractivity contribution >= 4 is 0 Å². The van der Waals surface area contributed by atoms with Crippen LogP contribution in [0.1, 0.15) is 36.9 Å². The van der Waals surface area contributed by atoms with Crippen LogP contribution in [-0.4, -0.2) is 56.6 Å². The lowest BCUT2D eigenvalue weighted by atomic mass is 9.95. The summed E-state index contributed by atoms with van der Waals surface area (Å²) in [6.07, 6.45) is 3.64. The molecule has 1 aliphatic heterocycles. The lowest BCUT2D eigenvalue weighted by molar-refractivity contribution is 0.182. The molecule has 0 spiro atoms. The van der Waals surface area contributed by atoms with Gasteiger partial charge in [0.05, 0.1) is 0 Å². The van der Waals surface area contributed by atoms with Gasteiger partial charge in [0, 0.05) is 18.6 Å². The van der Waals surface area contributed by atoms with Gasteiger partial charge in [0.2, 0.25) is 0 Å². The van der Waals surface area contributed by atoms with Crippen molar-refractivity contribution in [3.63, 3.8) is 0 Å². The van der Waals surface area contributed by atoms with Crippen molar-refractivity contribution in [2.75, 3.05) is 40.8 Å². The summed E-state index contributed by atoms with van der Waals surface area (Å²) in [5.41, 5.74) is 2.88. The first kappa shape index (κ1) is 16.5. The smallest absolute Gasteiger partial charge is 0.0488 e. The topological polar surface area (TPSA) is 18.5 Å². The van der Waals surface area contributed by atoms with Crippen LogP contribution >= 0.6 is 0 Å². The fraction of sp³-hybridized carbons (Fsp3) is 0.667. The number of nitrogens with one attached hydrogen (secondary N) is 1. The standard InChI is InChI=1S/C18H31N3/c1-5-8-15-9-6-10-16(13-15)18(19-2)17-14-20(3)11-7-12-21(17)4/h6,9-10,13,17-19H,5,7-8,11-12,14H2,1-4H3. The Hall–Kier alpha value is -0.900. The van der Waals surface area contributed by atoms with E-state index in [0.717, 1.165) is 6.54 Å². The van der Waals surface area contributed by atoms with Crippen molar-refractivity contribution in [1.82, 2.24) is 15.1 Å². The highest BCUT2D eigenvalue weighted by molar-refractivity contribution is 5.27. The molecular weight excluding hydrogens is 258 g/mol. The predicted molar refractivity (Wildman–Crippen MR) is 90.8 cm³/mol. The minimum absolute atomic E-state index is 0.396. The fourth-order valence-electron chi connectivity index (χ4n) is 3.48. The number of aryl methyl sites for hydroxylation is 1. The van der Waals surface area contributed by atoms with Crippen LogP contribution in [0.25, 0.3) is 0 Å². The van der Waals surface area contributed by atoms with E-state index in [0.29, 0.717) is 12.1 Å². The van der Waals surface area contributed by atoms with E-state index >= 15 is 0 Å². The molecule has 0 aliphatic carbocycles. The summed E-state index contributed by atoms with van der Waals surface area (Å²) in [5.74, 6) is 0. The highest BCUT2D eigenvalue weighted by Crippen LogP contribution is 2.24. The predicted octanol–water partition coefficient (Wildman–Crippen LogP) is 2.54. The molecule has 0 saturated carbocycles. The van der Waals surface area contributed by atoms with Crippen LogP contribution in [0, 0.1) is 0 Å². The maximum absolute atomic E-state index is 3.57.